The van der Waals surface area contributed by atoms with Crippen LogP contribution in [0.5, 0.6) is 5.75 Å². The first-order valence-corrected chi connectivity index (χ1v) is 7.11. The number of rotatable bonds is 4. The van der Waals surface area contributed by atoms with Gasteiger partial charge in [-0.15, -0.1) is 0 Å². The Morgan fingerprint density at radius 3 is 3.10 bits per heavy atom. The van der Waals surface area contributed by atoms with Crippen molar-refractivity contribution in [1.82, 2.24) is 19.4 Å². The number of pyridine rings is 1. The number of likely N-dealkylation sites (tertiary alicyclic amines) is 1. The van der Waals surface area contributed by atoms with Crippen LogP contribution in [0.15, 0.2) is 43.2 Å². The van der Waals surface area contributed by atoms with Crippen molar-refractivity contribution in [2.45, 2.75) is 18.9 Å². The molecule has 0 aromatic carbocycles. The van der Waals surface area contributed by atoms with Crippen LogP contribution >= 0.6 is 0 Å². The summed E-state index contributed by atoms with van der Waals surface area (Å²) in [6, 6.07) is 3.89. The topological polar surface area (TPSA) is 60.2 Å². The van der Waals surface area contributed by atoms with Crippen LogP contribution in [-0.4, -0.2) is 45.0 Å². The molecular weight excluding hydrogens is 268 g/mol. The minimum absolute atomic E-state index is 0.0173. The van der Waals surface area contributed by atoms with Crippen LogP contribution in [0.3, 0.4) is 0 Å². The fourth-order valence-electron chi connectivity index (χ4n) is 2.58. The maximum Gasteiger partial charge on any atom is 0.260 e. The van der Waals surface area contributed by atoms with E-state index in [1.54, 1.807) is 30.7 Å². The Morgan fingerprint density at radius 2 is 2.33 bits per heavy atom. The summed E-state index contributed by atoms with van der Waals surface area (Å²) < 4.78 is 7.54. The van der Waals surface area contributed by atoms with E-state index in [4.69, 9.17) is 4.74 Å². The summed E-state index contributed by atoms with van der Waals surface area (Å²) in [7, 11) is 0. The molecule has 0 bridgehead atoms. The Balaban J connectivity index is 1.55. The highest BCUT2D eigenvalue weighted by molar-refractivity contribution is 5.77. The molecule has 21 heavy (non-hydrogen) atoms. The highest BCUT2D eigenvalue weighted by Gasteiger charge is 2.24. The summed E-state index contributed by atoms with van der Waals surface area (Å²) in [6.45, 7) is 1.56. The van der Waals surface area contributed by atoms with Crippen molar-refractivity contribution >= 4 is 5.91 Å². The number of hydrogen-bond donors (Lipinski definition) is 0. The molecular formula is C15H18N4O2. The van der Waals surface area contributed by atoms with Gasteiger partial charge in [-0.25, -0.2) is 4.98 Å². The van der Waals surface area contributed by atoms with E-state index >= 15 is 0 Å². The van der Waals surface area contributed by atoms with Crippen LogP contribution in [0.1, 0.15) is 18.9 Å². The number of hydrogen-bond acceptors (Lipinski definition) is 4. The zero-order valence-corrected chi connectivity index (χ0v) is 11.8. The highest BCUT2D eigenvalue weighted by Crippen LogP contribution is 2.21. The second kappa shape index (κ2) is 6.39. The van der Waals surface area contributed by atoms with Gasteiger partial charge in [0.25, 0.3) is 5.91 Å². The third-order valence-corrected chi connectivity index (χ3v) is 3.69. The van der Waals surface area contributed by atoms with Crippen molar-refractivity contribution in [3.63, 3.8) is 0 Å². The summed E-state index contributed by atoms with van der Waals surface area (Å²) in [4.78, 5) is 22.1. The minimum Gasteiger partial charge on any atom is -0.482 e. The second-order valence-electron chi connectivity index (χ2n) is 5.12. The predicted octanol–water partition coefficient (Wildman–Crippen LogP) is 1.52. The van der Waals surface area contributed by atoms with Gasteiger partial charge in [0.1, 0.15) is 5.75 Å². The molecule has 110 valence electrons. The highest BCUT2D eigenvalue weighted by atomic mass is 16.5. The Hall–Kier alpha value is -2.37. The van der Waals surface area contributed by atoms with Crippen LogP contribution < -0.4 is 4.74 Å². The van der Waals surface area contributed by atoms with E-state index in [2.05, 4.69) is 14.5 Å². The Labute approximate surface area is 123 Å². The number of nitrogens with zero attached hydrogens (tertiary/aromatic N) is 4. The molecule has 2 aromatic heterocycles. The third-order valence-electron chi connectivity index (χ3n) is 3.69. The molecule has 1 aliphatic heterocycles. The van der Waals surface area contributed by atoms with Crippen molar-refractivity contribution in [1.29, 1.82) is 0 Å². The van der Waals surface area contributed by atoms with Gasteiger partial charge in [0.15, 0.2) is 6.61 Å². The van der Waals surface area contributed by atoms with Gasteiger partial charge in [-0.2, -0.15) is 0 Å². The molecule has 1 amide bonds. The van der Waals surface area contributed by atoms with Crippen LogP contribution in [0.2, 0.25) is 0 Å². The maximum atomic E-state index is 12.2. The lowest BCUT2D eigenvalue weighted by Crippen LogP contribution is -2.42. The quantitative estimate of drug-likeness (QED) is 0.855. The van der Waals surface area contributed by atoms with Crippen LogP contribution in [0.4, 0.5) is 0 Å². The molecule has 1 atom stereocenters. The fraction of sp³-hybridized carbons (Fsp3) is 0.400. The molecule has 0 spiro atoms. The second-order valence-corrected chi connectivity index (χ2v) is 5.12. The first kappa shape index (κ1) is 13.6. The molecule has 0 radical (unpaired) electrons. The smallest absolute Gasteiger partial charge is 0.260 e. The van der Waals surface area contributed by atoms with E-state index in [0.29, 0.717) is 18.3 Å². The molecule has 6 nitrogen and oxygen atoms in total. The number of piperidine rings is 1. The van der Waals surface area contributed by atoms with Gasteiger partial charge in [-0.1, -0.05) is 0 Å². The molecule has 3 heterocycles. The number of amides is 1. The van der Waals surface area contributed by atoms with E-state index in [1.165, 1.54) is 0 Å². The van der Waals surface area contributed by atoms with E-state index < -0.39 is 0 Å². The average molecular weight is 286 g/mol. The molecule has 1 aliphatic rings. The molecule has 6 heteroatoms. The molecule has 0 N–H and O–H groups in total. The number of carbonyl (C=O) groups is 1. The lowest BCUT2D eigenvalue weighted by molar-refractivity contribution is -0.135. The van der Waals surface area contributed by atoms with Crippen LogP contribution in [-0.2, 0) is 4.79 Å². The van der Waals surface area contributed by atoms with Crippen LogP contribution in [0, 0.1) is 0 Å². The molecule has 1 saturated heterocycles. The van der Waals surface area contributed by atoms with Gasteiger partial charge < -0.3 is 14.2 Å². The SMILES string of the molecule is O=C(COc1cccnc1)N1CCC[C@@H](n2ccnc2)C1. The monoisotopic (exact) mass is 286 g/mol. The van der Waals surface area contributed by atoms with Gasteiger partial charge >= 0.3 is 0 Å². The Bertz CT molecular complexity index is 571. The van der Waals surface area contributed by atoms with Gasteiger partial charge in [-0.05, 0) is 25.0 Å². The normalized spacial score (nSPS) is 18.5. The minimum atomic E-state index is 0.0173. The molecule has 0 unspecified atom stereocenters. The van der Waals surface area contributed by atoms with E-state index in [0.717, 1.165) is 19.4 Å². The van der Waals surface area contributed by atoms with Crippen molar-refractivity contribution < 1.29 is 9.53 Å². The van der Waals surface area contributed by atoms with Gasteiger partial charge in [0, 0.05) is 31.7 Å². The van der Waals surface area contributed by atoms with Crippen molar-refractivity contribution in [2.24, 2.45) is 0 Å². The van der Waals surface area contributed by atoms with Crippen LogP contribution in [0.25, 0.3) is 0 Å². The van der Waals surface area contributed by atoms with Gasteiger partial charge in [0.05, 0.1) is 18.6 Å². The Kier molecular flexibility index (Phi) is 4.14. The fourth-order valence-corrected chi connectivity index (χ4v) is 2.58. The summed E-state index contributed by atoms with van der Waals surface area (Å²) >= 11 is 0. The Morgan fingerprint density at radius 1 is 1.38 bits per heavy atom. The lowest BCUT2D eigenvalue weighted by atomic mass is 10.1. The third kappa shape index (κ3) is 3.39. The summed E-state index contributed by atoms with van der Waals surface area (Å²) in [5.41, 5.74) is 0. The van der Waals surface area contributed by atoms with Gasteiger partial charge in [-0.3, -0.25) is 9.78 Å². The molecule has 1 fully saturated rings. The first-order chi connectivity index (χ1) is 10.3. The van der Waals surface area contributed by atoms with E-state index in [-0.39, 0.29) is 12.5 Å². The van der Waals surface area contributed by atoms with Crippen molar-refractivity contribution in [2.75, 3.05) is 19.7 Å². The summed E-state index contributed by atoms with van der Waals surface area (Å²) in [5.74, 6) is 0.637. The van der Waals surface area contributed by atoms with E-state index in [1.807, 2.05) is 17.4 Å². The van der Waals surface area contributed by atoms with E-state index in [9.17, 15) is 4.79 Å². The zero-order chi connectivity index (χ0) is 14.5. The van der Waals surface area contributed by atoms with Crippen molar-refractivity contribution in [3.05, 3.63) is 43.2 Å². The largest absolute Gasteiger partial charge is 0.482 e. The van der Waals surface area contributed by atoms with Crippen molar-refractivity contribution in [3.8, 4) is 5.75 Å². The van der Waals surface area contributed by atoms with Gasteiger partial charge in [0.2, 0.25) is 0 Å². The molecule has 0 aliphatic carbocycles. The molecule has 0 saturated carbocycles. The number of ether oxygens (including phenoxy) is 1. The molecule has 2 aromatic rings. The summed E-state index contributed by atoms with van der Waals surface area (Å²) in [6.07, 6.45) is 10.9. The standard InChI is InChI=1S/C15H18N4O2/c20-15(11-21-14-4-1-5-16-9-14)18-7-2-3-13(10-18)19-8-6-17-12-19/h1,4-6,8-9,12-13H,2-3,7,10-11H2/t13-/m1/s1. The predicted molar refractivity (Wildman–Crippen MR) is 76.8 cm³/mol. The maximum absolute atomic E-state index is 12.2. The first-order valence-electron chi connectivity index (χ1n) is 7.11. The molecule has 3 rings (SSSR count). The number of aromatic nitrogens is 3. The average Bonchev–Trinajstić information content (AvgIpc) is 3.08. The number of imidazole rings is 1. The lowest BCUT2D eigenvalue weighted by Gasteiger charge is -2.33. The number of carbonyl (C=O) groups excluding carboxylic acids is 1. The zero-order valence-electron chi connectivity index (χ0n) is 11.8. The summed E-state index contributed by atoms with van der Waals surface area (Å²) in [5, 5.41) is 0.